The maximum absolute atomic E-state index is 12.0. The second kappa shape index (κ2) is 8.57. The van der Waals surface area contributed by atoms with Crippen LogP contribution >= 0.6 is 0 Å². The first kappa shape index (κ1) is 20.3. The SMILES string of the molecule is C=C(C)C1CCC(C)=CC1c1c(O)cc(CCCCC)c(C(=O)O)c1C. The van der Waals surface area contributed by atoms with Crippen LogP contribution in [0.5, 0.6) is 5.75 Å². The first-order chi connectivity index (χ1) is 12.3. The molecule has 2 N–H and O–H groups in total. The van der Waals surface area contributed by atoms with E-state index in [2.05, 4.69) is 26.5 Å². The van der Waals surface area contributed by atoms with E-state index >= 15 is 0 Å². The minimum Gasteiger partial charge on any atom is -0.508 e. The Morgan fingerprint density at radius 1 is 1.31 bits per heavy atom. The van der Waals surface area contributed by atoms with Gasteiger partial charge in [0.2, 0.25) is 0 Å². The molecule has 0 spiro atoms. The largest absolute Gasteiger partial charge is 0.508 e. The average Bonchev–Trinajstić information content (AvgIpc) is 2.54. The summed E-state index contributed by atoms with van der Waals surface area (Å²) in [6, 6.07) is 1.69. The highest BCUT2D eigenvalue weighted by Gasteiger charge is 2.31. The Labute approximate surface area is 157 Å². The van der Waals surface area contributed by atoms with E-state index < -0.39 is 5.97 Å². The summed E-state index contributed by atoms with van der Waals surface area (Å²) in [4.78, 5) is 12.0. The topological polar surface area (TPSA) is 57.5 Å². The summed E-state index contributed by atoms with van der Waals surface area (Å²) in [6.45, 7) is 12.2. The van der Waals surface area contributed by atoms with Gasteiger partial charge in [-0.05, 0) is 69.6 Å². The third-order valence-corrected chi connectivity index (χ3v) is 5.66. The Bertz CT molecular complexity index is 727. The number of aryl methyl sites for hydroxylation is 1. The third-order valence-electron chi connectivity index (χ3n) is 5.66. The van der Waals surface area contributed by atoms with Crippen molar-refractivity contribution < 1.29 is 15.0 Å². The fourth-order valence-electron chi connectivity index (χ4n) is 4.27. The van der Waals surface area contributed by atoms with Gasteiger partial charge in [0.15, 0.2) is 0 Å². The predicted molar refractivity (Wildman–Crippen MR) is 107 cm³/mol. The van der Waals surface area contributed by atoms with E-state index in [4.69, 9.17) is 0 Å². The number of aromatic hydroxyl groups is 1. The molecule has 3 nitrogen and oxygen atoms in total. The molecule has 1 aromatic carbocycles. The molecular weight excluding hydrogens is 324 g/mol. The van der Waals surface area contributed by atoms with Gasteiger partial charge in [-0.25, -0.2) is 4.79 Å². The van der Waals surface area contributed by atoms with Gasteiger partial charge in [-0.15, -0.1) is 0 Å². The van der Waals surface area contributed by atoms with Gasteiger partial charge in [0, 0.05) is 11.5 Å². The molecule has 0 saturated heterocycles. The zero-order valence-corrected chi connectivity index (χ0v) is 16.6. The number of hydrogen-bond donors (Lipinski definition) is 2. The molecule has 1 aromatic rings. The smallest absolute Gasteiger partial charge is 0.336 e. The standard InChI is InChI=1S/C23H32O3/c1-6-7-8-9-17-13-20(24)22(16(5)21(17)23(25)26)19-12-15(4)10-11-18(19)14(2)3/h12-13,18-19,24H,2,6-11H2,1,3-5H3,(H,25,26). The molecule has 26 heavy (non-hydrogen) atoms. The number of carbonyl (C=O) groups is 1. The van der Waals surface area contributed by atoms with Crippen molar-refractivity contribution in [3.8, 4) is 5.75 Å². The van der Waals surface area contributed by atoms with Crippen LogP contribution in [0.1, 0.15) is 85.8 Å². The Balaban J connectivity index is 2.58. The molecule has 0 fully saturated rings. The van der Waals surface area contributed by atoms with Crippen LogP contribution in [0.3, 0.4) is 0 Å². The highest BCUT2D eigenvalue weighted by atomic mass is 16.4. The van der Waals surface area contributed by atoms with E-state index in [1.165, 1.54) is 5.57 Å². The van der Waals surface area contributed by atoms with Crippen LogP contribution in [0, 0.1) is 12.8 Å². The number of unbranched alkanes of at least 4 members (excludes halogenated alkanes) is 2. The lowest BCUT2D eigenvalue weighted by atomic mass is 9.72. The summed E-state index contributed by atoms with van der Waals surface area (Å²) < 4.78 is 0. The summed E-state index contributed by atoms with van der Waals surface area (Å²) in [6.07, 6.45) is 7.96. The van der Waals surface area contributed by atoms with E-state index in [-0.39, 0.29) is 17.6 Å². The Hall–Kier alpha value is -2.03. The van der Waals surface area contributed by atoms with E-state index in [1.807, 2.05) is 13.8 Å². The molecule has 1 aliphatic rings. The van der Waals surface area contributed by atoms with Gasteiger partial charge in [0.05, 0.1) is 5.56 Å². The number of aromatic carboxylic acids is 1. The molecule has 0 heterocycles. The summed E-state index contributed by atoms with van der Waals surface area (Å²) in [7, 11) is 0. The molecular formula is C23H32O3. The fourth-order valence-corrected chi connectivity index (χ4v) is 4.27. The molecule has 2 unspecified atom stereocenters. The Morgan fingerprint density at radius 2 is 2.00 bits per heavy atom. The fraction of sp³-hybridized carbons (Fsp3) is 0.522. The van der Waals surface area contributed by atoms with Crippen LogP contribution < -0.4 is 0 Å². The van der Waals surface area contributed by atoms with Crippen molar-refractivity contribution in [1.82, 2.24) is 0 Å². The zero-order valence-electron chi connectivity index (χ0n) is 16.6. The van der Waals surface area contributed by atoms with Crippen LogP contribution in [-0.4, -0.2) is 16.2 Å². The van der Waals surface area contributed by atoms with Crippen LogP contribution in [0.2, 0.25) is 0 Å². The number of allylic oxidation sites excluding steroid dienone is 3. The van der Waals surface area contributed by atoms with Gasteiger partial charge >= 0.3 is 5.97 Å². The van der Waals surface area contributed by atoms with E-state index in [1.54, 1.807) is 6.07 Å². The van der Waals surface area contributed by atoms with Crippen LogP contribution in [0.25, 0.3) is 0 Å². The van der Waals surface area contributed by atoms with Crippen molar-refractivity contribution in [2.45, 2.75) is 72.1 Å². The molecule has 2 rings (SSSR count). The molecule has 0 saturated carbocycles. The quantitative estimate of drug-likeness (QED) is 0.455. The molecule has 2 atom stereocenters. The van der Waals surface area contributed by atoms with Crippen LogP contribution in [0.15, 0.2) is 29.9 Å². The maximum atomic E-state index is 12.0. The monoisotopic (exact) mass is 356 g/mol. The summed E-state index contributed by atoms with van der Waals surface area (Å²) in [5, 5.41) is 20.7. The maximum Gasteiger partial charge on any atom is 0.336 e. The lowest BCUT2D eigenvalue weighted by Gasteiger charge is -2.32. The average molecular weight is 357 g/mol. The van der Waals surface area contributed by atoms with Gasteiger partial charge in [0.25, 0.3) is 0 Å². The summed E-state index contributed by atoms with van der Waals surface area (Å²) in [5.74, 6) is -0.459. The highest BCUT2D eigenvalue weighted by Crippen LogP contribution is 2.45. The van der Waals surface area contributed by atoms with Gasteiger partial charge in [-0.3, -0.25) is 0 Å². The molecule has 0 aromatic heterocycles. The van der Waals surface area contributed by atoms with E-state index in [9.17, 15) is 15.0 Å². The number of phenolic OH excluding ortho intramolecular Hbond substituents is 1. The molecule has 0 aliphatic heterocycles. The van der Waals surface area contributed by atoms with Crippen LogP contribution in [-0.2, 0) is 6.42 Å². The predicted octanol–water partition coefficient (Wildman–Crippen LogP) is 6.15. The summed E-state index contributed by atoms with van der Waals surface area (Å²) >= 11 is 0. The number of carboxylic acids is 1. The molecule has 142 valence electrons. The summed E-state index contributed by atoms with van der Waals surface area (Å²) in [5.41, 5.74) is 4.94. The van der Waals surface area contributed by atoms with Gasteiger partial charge in [0.1, 0.15) is 5.75 Å². The Morgan fingerprint density at radius 3 is 2.58 bits per heavy atom. The van der Waals surface area contributed by atoms with E-state index in [0.29, 0.717) is 17.5 Å². The number of rotatable bonds is 7. The van der Waals surface area contributed by atoms with Gasteiger partial charge < -0.3 is 10.2 Å². The van der Waals surface area contributed by atoms with Crippen molar-refractivity contribution in [1.29, 1.82) is 0 Å². The number of hydrogen-bond acceptors (Lipinski definition) is 2. The van der Waals surface area contributed by atoms with Crippen LogP contribution in [0.4, 0.5) is 0 Å². The normalized spacial score (nSPS) is 19.9. The number of carboxylic acid groups (broad SMARTS) is 1. The lowest BCUT2D eigenvalue weighted by Crippen LogP contribution is -2.19. The van der Waals surface area contributed by atoms with E-state index in [0.717, 1.165) is 48.8 Å². The first-order valence-electron chi connectivity index (χ1n) is 9.69. The number of phenols is 1. The van der Waals surface area contributed by atoms with Gasteiger partial charge in [-0.1, -0.05) is 43.6 Å². The van der Waals surface area contributed by atoms with Crippen molar-refractivity contribution in [3.05, 3.63) is 52.1 Å². The molecule has 1 aliphatic carbocycles. The lowest BCUT2D eigenvalue weighted by molar-refractivity contribution is 0.0694. The van der Waals surface area contributed by atoms with Crippen molar-refractivity contribution in [2.24, 2.45) is 5.92 Å². The third kappa shape index (κ3) is 4.20. The zero-order chi connectivity index (χ0) is 19.4. The van der Waals surface area contributed by atoms with Crippen molar-refractivity contribution in [3.63, 3.8) is 0 Å². The molecule has 3 heteroatoms. The van der Waals surface area contributed by atoms with Crippen molar-refractivity contribution >= 4 is 5.97 Å². The molecule has 0 amide bonds. The highest BCUT2D eigenvalue weighted by molar-refractivity contribution is 5.92. The second-order valence-electron chi connectivity index (χ2n) is 7.76. The second-order valence-corrected chi connectivity index (χ2v) is 7.76. The molecule has 0 radical (unpaired) electrons. The molecule has 0 bridgehead atoms. The number of benzene rings is 1. The Kier molecular flexibility index (Phi) is 6.69. The van der Waals surface area contributed by atoms with Gasteiger partial charge in [-0.2, -0.15) is 0 Å². The first-order valence-corrected chi connectivity index (χ1v) is 9.69. The van der Waals surface area contributed by atoms with Crippen molar-refractivity contribution in [2.75, 3.05) is 0 Å². The minimum absolute atomic E-state index is 0.0101. The minimum atomic E-state index is -0.904.